The Morgan fingerprint density at radius 1 is 1.27 bits per heavy atom. The highest BCUT2D eigenvalue weighted by Crippen LogP contribution is 2.37. The molecule has 2 fully saturated rings. The molecule has 1 aromatic carbocycles. The Bertz CT molecular complexity index is 654. The summed E-state index contributed by atoms with van der Waals surface area (Å²) in [5.74, 6) is 1.05. The first-order valence-corrected chi connectivity index (χ1v) is 7.30. The second-order valence-corrected chi connectivity index (χ2v) is 5.93. The van der Waals surface area contributed by atoms with Crippen LogP contribution in [-0.2, 0) is 0 Å². The first kappa shape index (κ1) is 13.2. The molecule has 1 spiro atoms. The minimum atomic E-state index is -0.265. The van der Waals surface area contributed by atoms with Gasteiger partial charge in [-0.1, -0.05) is 6.07 Å². The van der Waals surface area contributed by atoms with Crippen molar-refractivity contribution in [3.8, 4) is 11.5 Å². The van der Waals surface area contributed by atoms with E-state index in [0.29, 0.717) is 49.9 Å². The molecule has 0 atom stereocenters. The van der Waals surface area contributed by atoms with Crippen molar-refractivity contribution in [1.29, 1.82) is 0 Å². The van der Waals surface area contributed by atoms with E-state index in [-0.39, 0.29) is 17.5 Å². The van der Waals surface area contributed by atoms with E-state index in [4.69, 9.17) is 9.47 Å². The molecular formula is C15H17N3O4. The number of likely N-dealkylation sites (tertiary alicyclic amines) is 1. The number of carbonyl (C=O) groups excluding carboxylic acids is 2. The number of amides is 3. The Labute approximate surface area is 127 Å². The van der Waals surface area contributed by atoms with Crippen molar-refractivity contribution in [3.63, 3.8) is 0 Å². The van der Waals surface area contributed by atoms with Gasteiger partial charge in [0, 0.05) is 26.7 Å². The maximum Gasteiger partial charge on any atom is 0.317 e. The number of rotatable bonds is 1. The smallest absolute Gasteiger partial charge is 0.317 e. The highest BCUT2D eigenvalue weighted by atomic mass is 16.6. The van der Waals surface area contributed by atoms with E-state index in [0.717, 1.165) is 0 Å². The SMILES string of the molecule is CN1C(=O)NCC12CN(C(=O)c1cccc3c1OCCO3)C2. The van der Waals surface area contributed by atoms with Gasteiger partial charge in [0.1, 0.15) is 13.2 Å². The lowest BCUT2D eigenvalue weighted by Crippen LogP contribution is -2.70. The standard InChI is InChI=1S/C15H17N3O4/c1-17-14(20)16-7-15(17)8-18(9-15)13(19)10-3-2-4-11-12(10)22-6-5-21-11/h2-4H,5-9H2,1H3,(H,16,20). The van der Waals surface area contributed by atoms with Gasteiger partial charge in [0.2, 0.25) is 0 Å². The van der Waals surface area contributed by atoms with Crippen LogP contribution in [-0.4, -0.2) is 67.2 Å². The molecule has 1 N–H and O–H groups in total. The predicted octanol–water partition coefficient (Wildman–Crippen LogP) is 0.307. The van der Waals surface area contributed by atoms with Crippen molar-refractivity contribution < 1.29 is 19.1 Å². The molecule has 3 aliphatic heterocycles. The Morgan fingerprint density at radius 3 is 2.77 bits per heavy atom. The van der Waals surface area contributed by atoms with Gasteiger partial charge in [0.25, 0.3) is 5.91 Å². The Morgan fingerprint density at radius 2 is 2.05 bits per heavy atom. The van der Waals surface area contributed by atoms with Crippen molar-refractivity contribution in [2.45, 2.75) is 5.54 Å². The Kier molecular flexibility index (Phi) is 2.72. The fourth-order valence-corrected chi connectivity index (χ4v) is 3.24. The summed E-state index contributed by atoms with van der Waals surface area (Å²) < 4.78 is 11.1. The van der Waals surface area contributed by atoms with E-state index in [2.05, 4.69) is 5.32 Å². The number of fused-ring (bicyclic) bond motifs is 1. The van der Waals surface area contributed by atoms with Gasteiger partial charge in [-0.15, -0.1) is 0 Å². The predicted molar refractivity (Wildman–Crippen MR) is 77.2 cm³/mol. The number of benzene rings is 1. The number of hydrogen-bond acceptors (Lipinski definition) is 4. The number of para-hydroxylation sites is 1. The van der Waals surface area contributed by atoms with Crippen molar-refractivity contribution in [1.82, 2.24) is 15.1 Å². The molecule has 116 valence electrons. The van der Waals surface area contributed by atoms with Crippen LogP contribution < -0.4 is 14.8 Å². The zero-order valence-corrected chi connectivity index (χ0v) is 12.3. The molecule has 4 rings (SSSR count). The van der Waals surface area contributed by atoms with Crippen molar-refractivity contribution in [2.75, 3.05) is 39.9 Å². The third kappa shape index (κ3) is 1.74. The zero-order chi connectivity index (χ0) is 15.3. The topological polar surface area (TPSA) is 71.1 Å². The van der Waals surface area contributed by atoms with Crippen LogP contribution in [0.2, 0.25) is 0 Å². The van der Waals surface area contributed by atoms with Crippen LogP contribution in [0.25, 0.3) is 0 Å². The molecule has 22 heavy (non-hydrogen) atoms. The molecule has 3 amide bonds. The Balaban J connectivity index is 1.54. The molecule has 0 bridgehead atoms. The first-order chi connectivity index (χ1) is 10.6. The van der Waals surface area contributed by atoms with E-state index >= 15 is 0 Å². The minimum Gasteiger partial charge on any atom is -0.486 e. The fourth-order valence-electron chi connectivity index (χ4n) is 3.24. The highest BCUT2D eigenvalue weighted by Gasteiger charge is 2.53. The molecule has 7 nitrogen and oxygen atoms in total. The average Bonchev–Trinajstić information content (AvgIpc) is 2.81. The van der Waals surface area contributed by atoms with Gasteiger partial charge < -0.3 is 24.6 Å². The summed E-state index contributed by atoms with van der Waals surface area (Å²) in [6.45, 7) is 2.59. The van der Waals surface area contributed by atoms with Gasteiger partial charge in [-0.2, -0.15) is 0 Å². The summed E-state index contributed by atoms with van der Waals surface area (Å²) in [6, 6.07) is 5.27. The lowest BCUT2D eigenvalue weighted by atomic mass is 9.88. The third-order valence-corrected chi connectivity index (χ3v) is 4.64. The number of ether oxygens (including phenoxy) is 2. The summed E-state index contributed by atoms with van der Waals surface area (Å²) >= 11 is 0. The lowest BCUT2D eigenvalue weighted by molar-refractivity contribution is 0.00732. The molecule has 1 aromatic rings. The van der Waals surface area contributed by atoms with Gasteiger partial charge in [0.05, 0.1) is 11.1 Å². The van der Waals surface area contributed by atoms with E-state index in [1.165, 1.54) is 0 Å². The molecular weight excluding hydrogens is 286 g/mol. The summed E-state index contributed by atoms with van der Waals surface area (Å²) in [7, 11) is 1.77. The fraction of sp³-hybridized carbons (Fsp3) is 0.467. The number of hydrogen-bond donors (Lipinski definition) is 1. The number of likely N-dealkylation sites (N-methyl/N-ethyl adjacent to an activating group) is 1. The van der Waals surface area contributed by atoms with E-state index < -0.39 is 0 Å². The minimum absolute atomic E-state index is 0.0825. The summed E-state index contributed by atoms with van der Waals surface area (Å²) in [4.78, 5) is 27.7. The molecule has 3 heterocycles. The number of urea groups is 1. The van der Waals surface area contributed by atoms with E-state index in [1.807, 2.05) is 0 Å². The van der Waals surface area contributed by atoms with Gasteiger partial charge in [0.15, 0.2) is 11.5 Å². The molecule has 7 heteroatoms. The second-order valence-electron chi connectivity index (χ2n) is 5.93. The molecule has 0 aromatic heterocycles. The van der Waals surface area contributed by atoms with Gasteiger partial charge in [-0.25, -0.2) is 4.79 Å². The second kappa shape index (κ2) is 4.53. The highest BCUT2D eigenvalue weighted by molar-refractivity contribution is 5.98. The van der Waals surface area contributed by atoms with Crippen LogP contribution >= 0.6 is 0 Å². The quantitative estimate of drug-likeness (QED) is 0.810. The van der Waals surface area contributed by atoms with Crippen LogP contribution in [0.15, 0.2) is 18.2 Å². The summed E-state index contributed by atoms with van der Waals surface area (Å²) in [6.07, 6.45) is 0. The van der Waals surface area contributed by atoms with Gasteiger partial charge >= 0.3 is 6.03 Å². The molecule has 0 aliphatic carbocycles. The number of nitrogens with zero attached hydrogens (tertiary/aromatic N) is 2. The molecule has 0 unspecified atom stereocenters. The molecule has 0 radical (unpaired) electrons. The summed E-state index contributed by atoms with van der Waals surface area (Å²) in [5.41, 5.74) is 0.255. The van der Waals surface area contributed by atoms with Crippen LogP contribution in [0, 0.1) is 0 Å². The third-order valence-electron chi connectivity index (χ3n) is 4.64. The zero-order valence-electron chi connectivity index (χ0n) is 12.3. The maximum absolute atomic E-state index is 12.7. The van der Waals surface area contributed by atoms with Gasteiger partial charge in [-0.05, 0) is 12.1 Å². The normalized spacial score (nSPS) is 21.6. The maximum atomic E-state index is 12.7. The summed E-state index contributed by atoms with van der Waals surface area (Å²) in [5, 5.41) is 2.82. The van der Waals surface area contributed by atoms with Crippen LogP contribution in [0.3, 0.4) is 0 Å². The van der Waals surface area contributed by atoms with E-state index in [1.54, 1.807) is 35.0 Å². The number of carbonyl (C=O) groups is 2. The van der Waals surface area contributed by atoms with Crippen molar-refractivity contribution in [3.05, 3.63) is 23.8 Å². The molecule has 2 saturated heterocycles. The van der Waals surface area contributed by atoms with Crippen LogP contribution in [0.5, 0.6) is 11.5 Å². The lowest BCUT2D eigenvalue weighted by Gasteiger charge is -2.50. The van der Waals surface area contributed by atoms with E-state index in [9.17, 15) is 9.59 Å². The monoisotopic (exact) mass is 303 g/mol. The molecule has 0 saturated carbocycles. The largest absolute Gasteiger partial charge is 0.486 e. The van der Waals surface area contributed by atoms with Crippen LogP contribution in [0.1, 0.15) is 10.4 Å². The molecule has 3 aliphatic rings. The van der Waals surface area contributed by atoms with Gasteiger partial charge in [-0.3, -0.25) is 4.79 Å². The first-order valence-electron chi connectivity index (χ1n) is 7.30. The van der Waals surface area contributed by atoms with Crippen molar-refractivity contribution in [2.24, 2.45) is 0 Å². The average molecular weight is 303 g/mol. The van der Waals surface area contributed by atoms with Crippen LogP contribution in [0.4, 0.5) is 4.79 Å². The Hall–Kier alpha value is -2.44. The number of nitrogens with one attached hydrogen (secondary N) is 1. The van der Waals surface area contributed by atoms with Crippen molar-refractivity contribution >= 4 is 11.9 Å².